The zero-order chi connectivity index (χ0) is 16.1. The van der Waals surface area contributed by atoms with Gasteiger partial charge in [0.05, 0.1) is 31.9 Å². The average Bonchev–Trinajstić information content (AvgIpc) is 2.50. The van der Waals surface area contributed by atoms with Crippen molar-refractivity contribution in [1.82, 2.24) is 10.2 Å². The summed E-state index contributed by atoms with van der Waals surface area (Å²) >= 11 is 0. The van der Waals surface area contributed by atoms with Gasteiger partial charge in [0, 0.05) is 13.1 Å². The first-order valence-corrected chi connectivity index (χ1v) is 7.20. The molecule has 2 unspecified atom stereocenters. The normalized spacial score (nSPS) is 18.7. The molecular weight excluding hydrogens is 294 g/mol. The second-order valence-electron chi connectivity index (χ2n) is 5.36. The number of rotatable bonds is 5. The summed E-state index contributed by atoms with van der Waals surface area (Å²) in [7, 11) is 0. The van der Waals surface area contributed by atoms with Crippen LogP contribution in [0.3, 0.4) is 0 Å². The smallest absolute Gasteiger partial charge is 0.234 e. The van der Waals surface area contributed by atoms with Crippen molar-refractivity contribution in [2.75, 3.05) is 32.8 Å². The van der Waals surface area contributed by atoms with E-state index in [4.69, 9.17) is 4.74 Å². The number of carbonyl (C=O) groups is 1. The van der Waals surface area contributed by atoms with E-state index in [1.54, 1.807) is 6.92 Å². The number of benzene rings is 1. The minimum Gasteiger partial charge on any atom is -0.386 e. The number of nitrogens with zero attached hydrogens (tertiary/aromatic N) is 1. The van der Waals surface area contributed by atoms with Crippen LogP contribution in [-0.2, 0) is 9.53 Å². The molecule has 1 heterocycles. The lowest BCUT2D eigenvalue weighted by Crippen LogP contribution is -2.46. The fourth-order valence-corrected chi connectivity index (χ4v) is 2.33. The first kappa shape index (κ1) is 16.8. The molecule has 5 nitrogen and oxygen atoms in total. The predicted molar refractivity (Wildman–Crippen MR) is 76.2 cm³/mol. The number of hydrogen-bond acceptors (Lipinski definition) is 4. The first-order valence-electron chi connectivity index (χ1n) is 7.20. The number of hydrogen-bond donors (Lipinski definition) is 2. The van der Waals surface area contributed by atoms with E-state index in [9.17, 15) is 18.7 Å². The van der Waals surface area contributed by atoms with Gasteiger partial charge in [0.2, 0.25) is 5.91 Å². The van der Waals surface area contributed by atoms with E-state index < -0.39 is 23.8 Å². The Labute approximate surface area is 127 Å². The van der Waals surface area contributed by atoms with Crippen LogP contribution in [0.5, 0.6) is 0 Å². The molecule has 1 aliphatic rings. The lowest BCUT2D eigenvalue weighted by molar-refractivity contribution is -0.124. The largest absolute Gasteiger partial charge is 0.386 e. The van der Waals surface area contributed by atoms with Gasteiger partial charge in [-0.3, -0.25) is 9.69 Å². The fraction of sp³-hybridized carbons (Fsp3) is 0.533. The molecule has 1 saturated heterocycles. The highest BCUT2D eigenvalue weighted by Gasteiger charge is 2.21. The molecule has 22 heavy (non-hydrogen) atoms. The molecule has 1 aromatic carbocycles. The zero-order valence-electron chi connectivity index (χ0n) is 12.4. The van der Waals surface area contributed by atoms with E-state index in [-0.39, 0.29) is 18.0 Å². The van der Waals surface area contributed by atoms with E-state index in [1.807, 2.05) is 4.90 Å². The van der Waals surface area contributed by atoms with Crippen molar-refractivity contribution < 1.29 is 23.4 Å². The van der Waals surface area contributed by atoms with E-state index >= 15 is 0 Å². The molecule has 122 valence electrons. The van der Waals surface area contributed by atoms with Crippen molar-refractivity contribution in [1.29, 1.82) is 0 Å². The summed E-state index contributed by atoms with van der Waals surface area (Å²) in [6.07, 6.45) is -1.11. The third-order valence-electron chi connectivity index (χ3n) is 3.62. The van der Waals surface area contributed by atoms with Crippen LogP contribution in [0.15, 0.2) is 18.2 Å². The van der Waals surface area contributed by atoms with Gasteiger partial charge >= 0.3 is 0 Å². The minimum absolute atomic E-state index is 0.220. The number of nitrogens with one attached hydrogen (secondary N) is 1. The van der Waals surface area contributed by atoms with Crippen molar-refractivity contribution in [2.24, 2.45) is 0 Å². The van der Waals surface area contributed by atoms with E-state index in [0.29, 0.717) is 26.3 Å². The molecule has 0 radical (unpaired) electrons. The second kappa shape index (κ2) is 7.62. The van der Waals surface area contributed by atoms with Crippen molar-refractivity contribution in [2.45, 2.75) is 19.1 Å². The van der Waals surface area contributed by atoms with Gasteiger partial charge in [-0.25, -0.2) is 8.78 Å². The molecule has 0 spiro atoms. The van der Waals surface area contributed by atoms with E-state index in [0.717, 1.165) is 12.1 Å². The SMILES string of the molecule is CC(NC(=O)CN1CCOCC1)C(O)c1ccc(F)c(F)c1. The van der Waals surface area contributed by atoms with Crippen LogP contribution in [-0.4, -0.2) is 54.8 Å². The highest BCUT2D eigenvalue weighted by molar-refractivity contribution is 5.78. The summed E-state index contributed by atoms with van der Waals surface area (Å²) in [4.78, 5) is 13.9. The van der Waals surface area contributed by atoms with Gasteiger partial charge in [0.25, 0.3) is 0 Å². The molecular formula is C15H20F2N2O3. The van der Waals surface area contributed by atoms with Crippen molar-refractivity contribution in [3.05, 3.63) is 35.4 Å². The minimum atomic E-state index is -1.11. The molecule has 2 atom stereocenters. The molecule has 0 saturated carbocycles. The molecule has 7 heteroatoms. The molecule has 0 aromatic heterocycles. The third-order valence-corrected chi connectivity index (χ3v) is 3.62. The summed E-state index contributed by atoms with van der Waals surface area (Å²) in [5.41, 5.74) is 0.220. The first-order chi connectivity index (χ1) is 10.5. The molecule has 0 bridgehead atoms. The summed E-state index contributed by atoms with van der Waals surface area (Å²) in [6, 6.07) is 2.58. The van der Waals surface area contributed by atoms with Gasteiger partial charge < -0.3 is 15.2 Å². The van der Waals surface area contributed by atoms with Gasteiger partial charge in [-0.05, 0) is 24.6 Å². The molecule has 1 aliphatic heterocycles. The standard InChI is InChI=1S/C15H20F2N2O3/c1-10(15(21)11-2-3-12(16)13(17)8-11)18-14(20)9-19-4-6-22-7-5-19/h2-3,8,10,15,21H,4-7,9H2,1H3,(H,18,20). The number of amides is 1. The molecule has 0 aliphatic carbocycles. The third kappa shape index (κ3) is 4.46. The number of carbonyl (C=O) groups excluding carboxylic acids is 1. The van der Waals surface area contributed by atoms with Crippen LogP contribution in [0.25, 0.3) is 0 Å². The Hall–Kier alpha value is -1.57. The highest BCUT2D eigenvalue weighted by Crippen LogP contribution is 2.19. The van der Waals surface area contributed by atoms with Crippen LogP contribution in [0.1, 0.15) is 18.6 Å². The average molecular weight is 314 g/mol. The molecule has 2 N–H and O–H groups in total. The maximum absolute atomic E-state index is 13.2. The molecule has 2 rings (SSSR count). The number of ether oxygens (including phenoxy) is 1. The lowest BCUT2D eigenvalue weighted by Gasteiger charge is -2.27. The predicted octanol–water partition coefficient (Wildman–Crippen LogP) is 0.835. The summed E-state index contributed by atoms with van der Waals surface area (Å²) < 4.78 is 31.3. The van der Waals surface area contributed by atoms with Crippen molar-refractivity contribution >= 4 is 5.91 Å². The topological polar surface area (TPSA) is 61.8 Å². The second-order valence-corrected chi connectivity index (χ2v) is 5.36. The number of aliphatic hydroxyl groups is 1. The lowest BCUT2D eigenvalue weighted by atomic mass is 10.0. The zero-order valence-corrected chi connectivity index (χ0v) is 12.4. The molecule has 1 amide bonds. The monoisotopic (exact) mass is 314 g/mol. The Morgan fingerprint density at radius 2 is 2.05 bits per heavy atom. The Morgan fingerprint density at radius 1 is 1.36 bits per heavy atom. The van der Waals surface area contributed by atoms with Crippen LogP contribution < -0.4 is 5.32 Å². The van der Waals surface area contributed by atoms with Crippen LogP contribution in [0, 0.1) is 11.6 Å². The van der Waals surface area contributed by atoms with E-state index in [1.165, 1.54) is 6.07 Å². The number of morpholine rings is 1. The Morgan fingerprint density at radius 3 is 2.68 bits per heavy atom. The Bertz CT molecular complexity index is 522. The molecule has 1 aromatic rings. The number of aliphatic hydroxyl groups excluding tert-OH is 1. The van der Waals surface area contributed by atoms with Crippen molar-refractivity contribution in [3.8, 4) is 0 Å². The summed E-state index contributed by atoms with van der Waals surface area (Å²) in [6.45, 7) is 4.41. The highest BCUT2D eigenvalue weighted by atomic mass is 19.2. The maximum Gasteiger partial charge on any atom is 0.234 e. The summed E-state index contributed by atoms with van der Waals surface area (Å²) in [5.74, 6) is -2.22. The van der Waals surface area contributed by atoms with E-state index in [2.05, 4.69) is 5.32 Å². The van der Waals surface area contributed by atoms with Gasteiger partial charge in [-0.15, -0.1) is 0 Å². The Kier molecular flexibility index (Phi) is 5.82. The molecule has 1 fully saturated rings. The van der Waals surface area contributed by atoms with Crippen LogP contribution in [0.2, 0.25) is 0 Å². The maximum atomic E-state index is 13.2. The quantitative estimate of drug-likeness (QED) is 0.845. The Balaban J connectivity index is 1.88. The summed E-state index contributed by atoms with van der Waals surface area (Å²) in [5, 5.41) is 12.8. The van der Waals surface area contributed by atoms with Crippen LogP contribution >= 0.6 is 0 Å². The van der Waals surface area contributed by atoms with Gasteiger partial charge in [0.15, 0.2) is 11.6 Å². The van der Waals surface area contributed by atoms with Crippen molar-refractivity contribution in [3.63, 3.8) is 0 Å². The van der Waals surface area contributed by atoms with Gasteiger partial charge in [-0.1, -0.05) is 6.07 Å². The van der Waals surface area contributed by atoms with Gasteiger partial charge in [-0.2, -0.15) is 0 Å². The number of halogens is 2. The fourth-order valence-electron chi connectivity index (χ4n) is 2.33. The van der Waals surface area contributed by atoms with Crippen LogP contribution in [0.4, 0.5) is 8.78 Å². The van der Waals surface area contributed by atoms with Gasteiger partial charge in [0.1, 0.15) is 0 Å².